The summed E-state index contributed by atoms with van der Waals surface area (Å²) in [4.78, 5) is -0.00847. The molecule has 2 aromatic carbocycles. The molecule has 0 fully saturated rings. The van der Waals surface area contributed by atoms with Crippen LogP contribution in [0.1, 0.15) is 34.0 Å². The topological polar surface area (TPSA) is 9.23 Å². The van der Waals surface area contributed by atoms with Gasteiger partial charge in [-0.2, -0.15) is 0 Å². The van der Waals surface area contributed by atoms with Crippen molar-refractivity contribution in [3.63, 3.8) is 0 Å². The van der Waals surface area contributed by atoms with E-state index in [9.17, 15) is 4.39 Å². The van der Waals surface area contributed by atoms with Crippen LogP contribution in [0.15, 0.2) is 36.4 Å². The number of ether oxygens (including phenoxy) is 1. The van der Waals surface area contributed by atoms with Crippen molar-refractivity contribution >= 4 is 15.9 Å². The lowest BCUT2D eigenvalue weighted by atomic mass is 9.95. The third-order valence-electron chi connectivity index (χ3n) is 3.30. The average molecular weight is 337 g/mol. The van der Waals surface area contributed by atoms with Crippen LogP contribution in [0.4, 0.5) is 4.39 Å². The number of halogens is 2. The zero-order valence-electron chi connectivity index (χ0n) is 11.9. The SMILES string of the molecule is CCOc1ccccc1C(Br)c1c(C)cc(F)cc1C. The first-order chi connectivity index (χ1) is 9.54. The molecule has 1 unspecified atom stereocenters. The van der Waals surface area contributed by atoms with Gasteiger partial charge < -0.3 is 4.74 Å². The van der Waals surface area contributed by atoms with E-state index >= 15 is 0 Å². The van der Waals surface area contributed by atoms with Crippen molar-refractivity contribution in [2.24, 2.45) is 0 Å². The van der Waals surface area contributed by atoms with Crippen molar-refractivity contribution in [3.05, 3.63) is 64.5 Å². The van der Waals surface area contributed by atoms with Crippen LogP contribution in [0.3, 0.4) is 0 Å². The van der Waals surface area contributed by atoms with Gasteiger partial charge in [-0.25, -0.2) is 4.39 Å². The number of benzene rings is 2. The van der Waals surface area contributed by atoms with Crippen LogP contribution in [0.2, 0.25) is 0 Å². The summed E-state index contributed by atoms with van der Waals surface area (Å²) in [6, 6.07) is 11.1. The Morgan fingerprint density at radius 2 is 1.75 bits per heavy atom. The van der Waals surface area contributed by atoms with Crippen LogP contribution >= 0.6 is 15.9 Å². The normalized spacial score (nSPS) is 12.2. The van der Waals surface area contributed by atoms with Crippen molar-refractivity contribution in [1.29, 1.82) is 0 Å². The van der Waals surface area contributed by atoms with Gasteiger partial charge in [0.05, 0.1) is 11.4 Å². The van der Waals surface area contributed by atoms with Crippen LogP contribution in [-0.2, 0) is 0 Å². The molecule has 0 saturated heterocycles. The lowest BCUT2D eigenvalue weighted by Crippen LogP contribution is -2.03. The first kappa shape index (κ1) is 15.0. The fourth-order valence-electron chi connectivity index (χ4n) is 2.45. The van der Waals surface area contributed by atoms with E-state index in [0.717, 1.165) is 28.0 Å². The van der Waals surface area contributed by atoms with Crippen LogP contribution < -0.4 is 4.74 Å². The third kappa shape index (κ3) is 3.04. The maximum Gasteiger partial charge on any atom is 0.123 e. The van der Waals surface area contributed by atoms with E-state index in [-0.39, 0.29) is 10.6 Å². The van der Waals surface area contributed by atoms with E-state index in [4.69, 9.17) is 4.74 Å². The highest BCUT2D eigenvalue weighted by Gasteiger charge is 2.19. The molecule has 0 aliphatic heterocycles. The highest BCUT2D eigenvalue weighted by atomic mass is 79.9. The molecule has 0 aliphatic carbocycles. The summed E-state index contributed by atoms with van der Waals surface area (Å²) < 4.78 is 19.1. The van der Waals surface area contributed by atoms with Crippen molar-refractivity contribution in [2.75, 3.05) is 6.61 Å². The highest BCUT2D eigenvalue weighted by molar-refractivity contribution is 9.09. The quantitative estimate of drug-likeness (QED) is 0.686. The van der Waals surface area contributed by atoms with Crippen molar-refractivity contribution in [3.8, 4) is 5.75 Å². The molecule has 0 spiro atoms. The van der Waals surface area contributed by atoms with E-state index in [1.807, 2.05) is 45.0 Å². The molecule has 1 nitrogen and oxygen atoms in total. The van der Waals surface area contributed by atoms with Gasteiger partial charge in [0.15, 0.2) is 0 Å². The minimum atomic E-state index is -0.193. The van der Waals surface area contributed by atoms with Crippen LogP contribution in [0, 0.1) is 19.7 Å². The molecular formula is C17H18BrFO. The number of alkyl halides is 1. The van der Waals surface area contributed by atoms with Gasteiger partial charge in [-0.15, -0.1) is 0 Å². The standard InChI is InChI=1S/C17H18BrFO/c1-4-20-15-8-6-5-7-14(15)17(18)16-11(2)9-13(19)10-12(16)3/h5-10,17H,4H2,1-3H3. The summed E-state index contributed by atoms with van der Waals surface area (Å²) in [6.07, 6.45) is 0. The van der Waals surface area contributed by atoms with E-state index in [0.29, 0.717) is 6.61 Å². The third-order valence-corrected chi connectivity index (χ3v) is 4.25. The Hall–Kier alpha value is -1.35. The van der Waals surface area contributed by atoms with Crippen LogP contribution in [0.5, 0.6) is 5.75 Å². The lowest BCUT2D eigenvalue weighted by Gasteiger charge is -2.19. The van der Waals surface area contributed by atoms with Gasteiger partial charge in [0.2, 0.25) is 0 Å². The number of rotatable bonds is 4. The molecule has 0 aromatic heterocycles. The second kappa shape index (κ2) is 6.40. The first-order valence-electron chi connectivity index (χ1n) is 6.67. The van der Waals surface area contributed by atoms with Gasteiger partial charge in [0.25, 0.3) is 0 Å². The Balaban J connectivity index is 2.49. The largest absolute Gasteiger partial charge is 0.494 e. The monoisotopic (exact) mass is 336 g/mol. The zero-order chi connectivity index (χ0) is 14.7. The molecule has 20 heavy (non-hydrogen) atoms. The summed E-state index contributed by atoms with van der Waals surface area (Å²) in [5, 5.41) is 0. The van der Waals surface area contributed by atoms with Crippen LogP contribution in [-0.4, -0.2) is 6.61 Å². The lowest BCUT2D eigenvalue weighted by molar-refractivity contribution is 0.337. The summed E-state index contributed by atoms with van der Waals surface area (Å²) in [7, 11) is 0. The van der Waals surface area contributed by atoms with E-state index < -0.39 is 0 Å². The molecule has 2 aromatic rings. The summed E-state index contributed by atoms with van der Waals surface area (Å²) in [5.41, 5.74) is 4.04. The van der Waals surface area contributed by atoms with Crippen LogP contribution in [0.25, 0.3) is 0 Å². The highest BCUT2D eigenvalue weighted by Crippen LogP contribution is 2.39. The predicted octanol–water partition coefficient (Wildman–Crippen LogP) is 5.33. The van der Waals surface area contributed by atoms with E-state index in [2.05, 4.69) is 15.9 Å². The summed E-state index contributed by atoms with van der Waals surface area (Å²) >= 11 is 3.74. The Labute approximate surface area is 127 Å². The maximum absolute atomic E-state index is 13.4. The molecule has 0 saturated carbocycles. The average Bonchev–Trinajstić information content (AvgIpc) is 2.38. The molecular weight excluding hydrogens is 319 g/mol. The van der Waals surface area contributed by atoms with Gasteiger partial charge in [-0.05, 0) is 55.7 Å². The molecule has 0 radical (unpaired) electrons. The second-order valence-corrected chi connectivity index (χ2v) is 5.70. The fourth-order valence-corrected chi connectivity index (χ4v) is 3.55. The maximum atomic E-state index is 13.4. The minimum Gasteiger partial charge on any atom is -0.494 e. The number of hydrogen-bond acceptors (Lipinski definition) is 1. The van der Waals surface area contributed by atoms with Crippen molar-refractivity contribution < 1.29 is 9.13 Å². The molecule has 0 N–H and O–H groups in total. The van der Waals surface area contributed by atoms with Gasteiger partial charge in [-0.3, -0.25) is 0 Å². The Bertz CT molecular complexity index is 587. The summed E-state index contributed by atoms with van der Waals surface area (Å²) in [6.45, 7) is 6.46. The van der Waals surface area contributed by atoms with E-state index in [1.165, 1.54) is 0 Å². The first-order valence-corrected chi connectivity index (χ1v) is 7.58. The predicted molar refractivity (Wildman–Crippen MR) is 84.3 cm³/mol. The molecule has 1 atom stereocenters. The number of para-hydroxylation sites is 1. The van der Waals surface area contributed by atoms with Gasteiger partial charge >= 0.3 is 0 Å². The zero-order valence-corrected chi connectivity index (χ0v) is 13.5. The Kier molecular flexibility index (Phi) is 4.81. The van der Waals surface area contributed by atoms with E-state index in [1.54, 1.807) is 12.1 Å². The fraction of sp³-hybridized carbons (Fsp3) is 0.294. The van der Waals surface area contributed by atoms with Crippen molar-refractivity contribution in [1.82, 2.24) is 0 Å². The molecule has 0 aliphatic rings. The Morgan fingerprint density at radius 3 is 2.35 bits per heavy atom. The second-order valence-electron chi connectivity index (χ2n) is 4.79. The van der Waals surface area contributed by atoms with Crippen molar-refractivity contribution in [2.45, 2.75) is 25.6 Å². The Morgan fingerprint density at radius 1 is 1.15 bits per heavy atom. The summed E-state index contributed by atoms with van der Waals surface area (Å²) in [5.74, 6) is 0.668. The molecule has 106 valence electrons. The molecule has 2 rings (SSSR count). The number of hydrogen-bond donors (Lipinski definition) is 0. The minimum absolute atomic E-state index is 0.00847. The molecule has 0 heterocycles. The molecule has 0 amide bonds. The molecule has 3 heteroatoms. The smallest absolute Gasteiger partial charge is 0.123 e. The number of aryl methyl sites for hydroxylation is 2. The molecule has 0 bridgehead atoms. The van der Waals surface area contributed by atoms with Gasteiger partial charge in [0, 0.05) is 5.56 Å². The van der Waals surface area contributed by atoms with Gasteiger partial charge in [0.1, 0.15) is 11.6 Å². The van der Waals surface area contributed by atoms with Gasteiger partial charge in [-0.1, -0.05) is 34.1 Å².